The van der Waals surface area contributed by atoms with Crippen LogP contribution in [0.25, 0.3) is 5.65 Å². The van der Waals surface area contributed by atoms with Gasteiger partial charge in [-0.25, -0.2) is 4.98 Å². The molecule has 0 unspecified atom stereocenters. The first-order chi connectivity index (χ1) is 12.2. The van der Waals surface area contributed by atoms with Gasteiger partial charge in [-0.1, -0.05) is 24.3 Å². The van der Waals surface area contributed by atoms with Crippen molar-refractivity contribution in [1.82, 2.24) is 9.38 Å². The summed E-state index contributed by atoms with van der Waals surface area (Å²) in [5, 5.41) is 0. The SMILES string of the molecule is Cc1cc(N2CCC3(CC2)Cc2ccccc2C3)n2ccnc2c1Br. The predicted molar refractivity (Wildman–Crippen MR) is 105 cm³/mol. The minimum atomic E-state index is 0.485. The molecule has 3 heterocycles. The Kier molecular flexibility index (Phi) is 3.46. The largest absolute Gasteiger partial charge is 0.358 e. The number of nitrogens with zero attached hydrogens (tertiary/aromatic N) is 3. The lowest BCUT2D eigenvalue weighted by Gasteiger charge is -2.40. The van der Waals surface area contributed by atoms with Crippen LogP contribution >= 0.6 is 15.9 Å². The summed E-state index contributed by atoms with van der Waals surface area (Å²) >= 11 is 3.68. The standard InChI is InChI=1S/C21H22BrN3/c1-15-12-18(25-11-8-23-20(25)19(15)22)24-9-6-21(7-10-24)13-16-4-2-3-5-17(16)14-21/h2-5,8,11-12H,6-7,9-10,13-14H2,1H3. The van der Waals surface area contributed by atoms with Gasteiger partial charge in [-0.3, -0.25) is 4.40 Å². The highest BCUT2D eigenvalue weighted by molar-refractivity contribution is 9.10. The number of piperidine rings is 1. The van der Waals surface area contributed by atoms with Gasteiger partial charge in [0.2, 0.25) is 0 Å². The maximum absolute atomic E-state index is 4.52. The lowest BCUT2D eigenvalue weighted by molar-refractivity contribution is 0.232. The molecule has 0 bridgehead atoms. The van der Waals surface area contributed by atoms with Crippen molar-refractivity contribution in [3.8, 4) is 0 Å². The highest BCUT2D eigenvalue weighted by atomic mass is 79.9. The summed E-state index contributed by atoms with van der Waals surface area (Å²) in [4.78, 5) is 7.07. The topological polar surface area (TPSA) is 20.5 Å². The van der Waals surface area contributed by atoms with Crippen molar-refractivity contribution in [3.05, 3.63) is 63.9 Å². The number of aromatic nitrogens is 2. The van der Waals surface area contributed by atoms with Crippen molar-refractivity contribution >= 4 is 27.4 Å². The number of halogens is 1. The quantitative estimate of drug-likeness (QED) is 0.590. The molecule has 1 aliphatic heterocycles. The molecule has 3 nitrogen and oxygen atoms in total. The minimum Gasteiger partial charge on any atom is -0.358 e. The Morgan fingerprint density at radius 1 is 1.08 bits per heavy atom. The Hall–Kier alpha value is -1.81. The molecule has 2 aromatic heterocycles. The van der Waals surface area contributed by atoms with Gasteiger partial charge in [0.15, 0.2) is 5.65 Å². The second kappa shape index (κ2) is 5.60. The van der Waals surface area contributed by atoms with Gasteiger partial charge in [0, 0.05) is 25.5 Å². The van der Waals surface area contributed by atoms with Crippen molar-refractivity contribution < 1.29 is 0 Å². The lowest BCUT2D eigenvalue weighted by atomic mass is 9.76. The van der Waals surface area contributed by atoms with Gasteiger partial charge in [-0.15, -0.1) is 0 Å². The molecule has 3 aromatic rings. The van der Waals surface area contributed by atoms with Crippen LogP contribution in [0.2, 0.25) is 0 Å². The van der Waals surface area contributed by atoms with Gasteiger partial charge in [-0.05, 0) is 76.7 Å². The molecular weight excluding hydrogens is 374 g/mol. The molecule has 1 spiro atoms. The van der Waals surface area contributed by atoms with E-state index in [4.69, 9.17) is 0 Å². The Morgan fingerprint density at radius 3 is 2.44 bits per heavy atom. The molecule has 1 fully saturated rings. The van der Waals surface area contributed by atoms with Crippen LogP contribution in [0, 0.1) is 12.3 Å². The Labute approximate surface area is 156 Å². The molecule has 1 saturated heterocycles. The fourth-order valence-corrected chi connectivity index (χ4v) is 5.14. The molecule has 0 atom stereocenters. The normalized spacial score (nSPS) is 18.9. The average Bonchev–Trinajstić information content (AvgIpc) is 3.23. The van der Waals surface area contributed by atoms with E-state index in [2.05, 4.69) is 73.7 Å². The maximum atomic E-state index is 4.52. The van der Waals surface area contributed by atoms with Crippen LogP contribution in [0.15, 0.2) is 47.2 Å². The smallest absolute Gasteiger partial charge is 0.152 e. The van der Waals surface area contributed by atoms with Crippen LogP contribution < -0.4 is 4.90 Å². The average molecular weight is 396 g/mol. The van der Waals surface area contributed by atoms with Crippen LogP contribution in [0.4, 0.5) is 5.82 Å². The third kappa shape index (κ3) is 2.42. The Bertz CT molecular complexity index is 924. The number of hydrogen-bond acceptors (Lipinski definition) is 2. The molecule has 2 aliphatic rings. The monoisotopic (exact) mass is 395 g/mol. The Morgan fingerprint density at radius 2 is 1.76 bits per heavy atom. The van der Waals surface area contributed by atoms with Crippen molar-refractivity contribution in [2.24, 2.45) is 5.41 Å². The van der Waals surface area contributed by atoms with Gasteiger partial charge < -0.3 is 4.90 Å². The molecule has 128 valence electrons. The lowest BCUT2D eigenvalue weighted by Crippen LogP contribution is -2.41. The molecule has 0 N–H and O–H groups in total. The summed E-state index contributed by atoms with van der Waals surface area (Å²) in [7, 11) is 0. The zero-order valence-electron chi connectivity index (χ0n) is 14.5. The first kappa shape index (κ1) is 15.4. The van der Waals surface area contributed by atoms with E-state index in [1.54, 1.807) is 11.1 Å². The third-order valence-electron chi connectivity index (χ3n) is 6.17. The van der Waals surface area contributed by atoms with E-state index in [1.807, 2.05) is 6.20 Å². The third-order valence-corrected chi connectivity index (χ3v) is 7.15. The van der Waals surface area contributed by atoms with E-state index in [0.717, 1.165) is 23.2 Å². The molecule has 1 aliphatic carbocycles. The van der Waals surface area contributed by atoms with Crippen molar-refractivity contribution in [3.63, 3.8) is 0 Å². The fraction of sp³-hybridized carbons (Fsp3) is 0.381. The van der Waals surface area contributed by atoms with Crippen molar-refractivity contribution in [1.29, 1.82) is 0 Å². The van der Waals surface area contributed by atoms with Crippen molar-refractivity contribution in [2.45, 2.75) is 32.6 Å². The summed E-state index contributed by atoms with van der Waals surface area (Å²) in [6.45, 7) is 4.41. The van der Waals surface area contributed by atoms with E-state index in [1.165, 1.54) is 37.1 Å². The number of hydrogen-bond donors (Lipinski definition) is 0. The summed E-state index contributed by atoms with van der Waals surface area (Å²) < 4.78 is 3.32. The fourth-order valence-electron chi connectivity index (χ4n) is 4.73. The molecule has 0 saturated carbocycles. The summed E-state index contributed by atoms with van der Waals surface area (Å²) in [6, 6.07) is 11.3. The van der Waals surface area contributed by atoms with E-state index >= 15 is 0 Å². The summed E-state index contributed by atoms with van der Waals surface area (Å²) in [6.07, 6.45) is 9.03. The van der Waals surface area contributed by atoms with Gasteiger partial charge in [0.05, 0.1) is 4.47 Å². The highest BCUT2D eigenvalue weighted by Gasteiger charge is 2.40. The number of aryl methyl sites for hydroxylation is 1. The second-order valence-corrected chi connectivity index (χ2v) is 8.52. The minimum absolute atomic E-state index is 0.485. The molecular formula is C21H22BrN3. The summed E-state index contributed by atoms with van der Waals surface area (Å²) in [5.41, 5.74) is 5.91. The van der Waals surface area contributed by atoms with Gasteiger partial charge in [0.25, 0.3) is 0 Å². The Balaban J connectivity index is 1.42. The number of benzene rings is 1. The molecule has 0 amide bonds. The number of anilines is 1. The molecule has 25 heavy (non-hydrogen) atoms. The van der Waals surface area contributed by atoms with Crippen LogP contribution in [0.3, 0.4) is 0 Å². The van der Waals surface area contributed by atoms with E-state index in [0.29, 0.717) is 5.41 Å². The van der Waals surface area contributed by atoms with Crippen molar-refractivity contribution in [2.75, 3.05) is 18.0 Å². The molecule has 0 radical (unpaired) electrons. The zero-order valence-corrected chi connectivity index (χ0v) is 16.1. The first-order valence-corrected chi connectivity index (χ1v) is 9.88. The van der Waals surface area contributed by atoms with E-state index in [9.17, 15) is 0 Å². The van der Waals surface area contributed by atoms with Gasteiger partial charge >= 0.3 is 0 Å². The number of rotatable bonds is 1. The molecule has 5 rings (SSSR count). The maximum Gasteiger partial charge on any atom is 0.152 e. The van der Waals surface area contributed by atoms with Crippen LogP contribution in [0.5, 0.6) is 0 Å². The predicted octanol–water partition coefficient (Wildman–Crippen LogP) is 4.79. The second-order valence-electron chi connectivity index (χ2n) is 7.73. The van der Waals surface area contributed by atoms with Crippen LogP contribution in [0.1, 0.15) is 29.5 Å². The number of fused-ring (bicyclic) bond motifs is 2. The molecule has 1 aromatic carbocycles. The first-order valence-electron chi connectivity index (χ1n) is 9.09. The van der Waals surface area contributed by atoms with Gasteiger partial charge in [0.1, 0.15) is 5.82 Å². The van der Waals surface area contributed by atoms with Crippen LogP contribution in [-0.2, 0) is 12.8 Å². The molecule has 4 heteroatoms. The van der Waals surface area contributed by atoms with Gasteiger partial charge in [-0.2, -0.15) is 0 Å². The van der Waals surface area contributed by atoms with Crippen LogP contribution in [-0.4, -0.2) is 22.5 Å². The van der Waals surface area contributed by atoms with E-state index in [-0.39, 0.29) is 0 Å². The van der Waals surface area contributed by atoms with E-state index < -0.39 is 0 Å². The highest BCUT2D eigenvalue weighted by Crippen LogP contribution is 2.45. The zero-order chi connectivity index (χ0) is 17.0. The summed E-state index contributed by atoms with van der Waals surface area (Å²) in [5.74, 6) is 1.28. The number of imidazole rings is 1. The number of pyridine rings is 1.